The molecule has 0 atom stereocenters. The highest BCUT2D eigenvalue weighted by molar-refractivity contribution is 5.71. The molecule has 2 aromatic rings. The third-order valence-electron chi connectivity index (χ3n) is 2.98. The Morgan fingerprint density at radius 3 is 2.25 bits per heavy atom. The molecule has 0 nitrogen and oxygen atoms in total. The van der Waals surface area contributed by atoms with Gasteiger partial charge in [-0.2, -0.15) is 0 Å². The van der Waals surface area contributed by atoms with Gasteiger partial charge in [-0.3, -0.25) is 0 Å². The van der Waals surface area contributed by atoms with Gasteiger partial charge in [0.2, 0.25) is 0 Å². The first-order valence-corrected chi connectivity index (χ1v) is 5.64. The Morgan fingerprint density at radius 1 is 0.812 bits per heavy atom. The normalized spacial score (nSPS) is 10.5. The predicted molar refractivity (Wildman–Crippen MR) is 69.7 cm³/mol. The topological polar surface area (TPSA) is 0 Å². The van der Waals surface area contributed by atoms with E-state index < -0.39 is 0 Å². The zero-order valence-electron chi connectivity index (χ0n) is 10.4. The van der Waals surface area contributed by atoms with Crippen LogP contribution in [-0.2, 0) is 0 Å². The first-order chi connectivity index (χ1) is 7.58. The van der Waals surface area contributed by atoms with E-state index in [0.29, 0.717) is 0 Å². The molecular formula is C16H17. The van der Waals surface area contributed by atoms with E-state index in [1.807, 2.05) is 6.07 Å². The highest BCUT2D eigenvalue weighted by Crippen LogP contribution is 2.28. The van der Waals surface area contributed by atoms with Crippen LogP contribution in [0.1, 0.15) is 22.3 Å². The molecule has 0 spiro atoms. The second kappa shape index (κ2) is 4.13. The predicted octanol–water partition coefficient (Wildman–Crippen LogP) is 4.39. The fraction of sp³-hybridized carbons (Fsp3) is 0.250. The number of hydrogen-bond acceptors (Lipinski definition) is 0. The van der Waals surface area contributed by atoms with Crippen LogP contribution in [0.2, 0.25) is 0 Å². The van der Waals surface area contributed by atoms with Crippen LogP contribution in [0, 0.1) is 33.8 Å². The minimum Gasteiger partial charge on any atom is -0.0590 e. The van der Waals surface area contributed by atoms with Gasteiger partial charge in [0.05, 0.1) is 0 Å². The molecule has 0 aliphatic heterocycles. The van der Waals surface area contributed by atoms with Gasteiger partial charge < -0.3 is 0 Å². The average Bonchev–Trinajstić information content (AvgIpc) is 2.25. The molecular weight excluding hydrogens is 192 g/mol. The Morgan fingerprint density at radius 2 is 1.50 bits per heavy atom. The molecule has 0 saturated carbocycles. The van der Waals surface area contributed by atoms with E-state index in [9.17, 15) is 0 Å². The summed E-state index contributed by atoms with van der Waals surface area (Å²) < 4.78 is 0. The van der Waals surface area contributed by atoms with Gasteiger partial charge in [0.15, 0.2) is 0 Å². The first kappa shape index (κ1) is 10.9. The summed E-state index contributed by atoms with van der Waals surface area (Å²) >= 11 is 0. The van der Waals surface area contributed by atoms with Crippen molar-refractivity contribution in [1.82, 2.24) is 0 Å². The standard InChI is InChI=1S/C16H17/c1-11-5-7-13(3)15(9-11)16-10-12(2)6-8-14(16)4/h5-7,9-10H,1-4H3. The lowest BCUT2D eigenvalue weighted by Gasteiger charge is -2.11. The summed E-state index contributed by atoms with van der Waals surface area (Å²) in [7, 11) is 0. The molecule has 1 radical (unpaired) electrons. The molecule has 0 aliphatic rings. The van der Waals surface area contributed by atoms with Crippen LogP contribution in [0.3, 0.4) is 0 Å². The summed E-state index contributed by atoms with van der Waals surface area (Å²) in [6, 6.07) is 14.2. The van der Waals surface area contributed by atoms with Crippen LogP contribution in [0.4, 0.5) is 0 Å². The molecule has 0 amide bonds. The number of benzene rings is 2. The van der Waals surface area contributed by atoms with Crippen LogP contribution in [0.5, 0.6) is 0 Å². The van der Waals surface area contributed by atoms with Crippen molar-refractivity contribution in [2.24, 2.45) is 0 Å². The molecule has 0 unspecified atom stereocenters. The summed E-state index contributed by atoms with van der Waals surface area (Å²) in [5.41, 5.74) is 7.76. The third-order valence-corrected chi connectivity index (χ3v) is 2.98. The molecule has 2 rings (SSSR count). The second-order valence-corrected chi connectivity index (χ2v) is 4.53. The summed E-state index contributed by atoms with van der Waals surface area (Å²) in [4.78, 5) is 0. The van der Waals surface area contributed by atoms with Crippen LogP contribution < -0.4 is 0 Å². The number of rotatable bonds is 1. The summed E-state index contributed by atoms with van der Waals surface area (Å²) in [6.07, 6.45) is 0. The van der Waals surface area contributed by atoms with Crippen molar-refractivity contribution in [3.63, 3.8) is 0 Å². The minimum atomic E-state index is 1.22. The maximum Gasteiger partial charge on any atom is -0.0143 e. The Bertz CT molecular complexity index is 472. The van der Waals surface area contributed by atoms with E-state index in [-0.39, 0.29) is 0 Å². The lowest BCUT2D eigenvalue weighted by Crippen LogP contribution is -1.89. The van der Waals surface area contributed by atoms with Gasteiger partial charge >= 0.3 is 0 Å². The van der Waals surface area contributed by atoms with E-state index in [2.05, 4.69) is 58.0 Å². The molecule has 0 heterocycles. The SMILES string of the molecule is Cc1c[c]c(C)c(-c2cc(C)ccc2C)c1. The van der Waals surface area contributed by atoms with Gasteiger partial charge in [-0.05, 0) is 61.6 Å². The average molecular weight is 209 g/mol. The minimum absolute atomic E-state index is 1.22. The fourth-order valence-electron chi connectivity index (χ4n) is 1.98. The zero-order chi connectivity index (χ0) is 11.7. The largest absolute Gasteiger partial charge is 0.0590 e. The van der Waals surface area contributed by atoms with Gasteiger partial charge in [-0.1, -0.05) is 35.9 Å². The lowest BCUT2D eigenvalue weighted by atomic mass is 9.94. The fourth-order valence-corrected chi connectivity index (χ4v) is 1.98. The van der Waals surface area contributed by atoms with E-state index in [1.54, 1.807) is 0 Å². The highest BCUT2D eigenvalue weighted by atomic mass is 14.1. The molecule has 0 aromatic heterocycles. The van der Waals surface area contributed by atoms with Crippen molar-refractivity contribution in [2.45, 2.75) is 27.7 Å². The molecule has 81 valence electrons. The Kier molecular flexibility index (Phi) is 2.82. The zero-order valence-corrected chi connectivity index (χ0v) is 10.4. The Labute approximate surface area is 97.9 Å². The van der Waals surface area contributed by atoms with Gasteiger partial charge in [0.25, 0.3) is 0 Å². The van der Waals surface area contributed by atoms with Gasteiger partial charge in [0.1, 0.15) is 0 Å². The second-order valence-electron chi connectivity index (χ2n) is 4.53. The molecule has 0 N–H and O–H groups in total. The van der Waals surface area contributed by atoms with Crippen molar-refractivity contribution in [3.8, 4) is 11.1 Å². The van der Waals surface area contributed by atoms with Crippen molar-refractivity contribution in [2.75, 3.05) is 0 Å². The van der Waals surface area contributed by atoms with E-state index in [4.69, 9.17) is 0 Å². The van der Waals surface area contributed by atoms with Crippen molar-refractivity contribution >= 4 is 0 Å². The molecule has 2 aromatic carbocycles. The first-order valence-electron chi connectivity index (χ1n) is 5.64. The van der Waals surface area contributed by atoms with Gasteiger partial charge in [0, 0.05) is 0 Å². The Hall–Kier alpha value is -1.56. The van der Waals surface area contributed by atoms with Gasteiger partial charge in [-0.15, -0.1) is 0 Å². The molecule has 0 heteroatoms. The summed E-state index contributed by atoms with van der Waals surface area (Å²) in [5, 5.41) is 0. The van der Waals surface area contributed by atoms with Crippen LogP contribution in [0.15, 0.2) is 30.3 Å². The van der Waals surface area contributed by atoms with Crippen molar-refractivity contribution < 1.29 is 0 Å². The molecule has 16 heavy (non-hydrogen) atoms. The number of hydrogen-bond donors (Lipinski definition) is 0. The number of aryl methyl sites for hydroxylation is 4. The van der Waals surface area contributed by atoms with Crippen LogP contribution in [0.25, 0.3) is 11.1 Å². The van der Waals surface area contributed by atoms with Crippen LogP contribution >= 0.6 is 0 Å². The maximum absolute atomic E-state index is 3.31. The quantitative estimate of drug-likeness (QED) is 0.653. The van der Waals surface area contributed by atoms with Crippen molar-refractivity contribution in [3.05, 3.63) is 58.7 Å². The highest BCUT2D eigenvalue weighted by Gasteiger charge is 2.05. The maximum atomic E-state index is 3.31. The third kappa shape index (κ3) is 2.01. The van der Waals surface area contributed by atoms with Crippen molar-refractivity contribution in [1.29, 1.82) is 0 Å². The lowest BCUT2D eigenvalue weighted by molar-refractivity contribution is 1.34. The molecule has 0 saturated heterocycles. The summed E-state index contributed by atoms with van der Waals surface area (Å²) in [5.74, 6) is 0. The monoisotopic (exact) mass is 209 g/mol. The molecule has 0 fully saturated rings. The molecule has 0 aliphatic carbocycles. The smallest absolute Gasteiger partial charge is 0.0143 e. The van der Waals surface area contributed by atoms with Crippen LogP contribution in [-0.4, -0.2) is 0 Å². The van der Waals surface area contributed by atoms with E-state index >= 15 is 0 Å². The summed E-state index contributed by atoms with van der Waals surface area (Å²) in [6.45, 7) is 8.54. The van der Waals surface area contributed by atoms with E-state index in [0.717, 1.165) is 0 Å². The van der Waals surface area contributed by atoms with E-state index in [1.165, 1.54) is 33.4 Å². The Balaban J connectivity index is 2.66. The van der Waals surface area contributed by atoms with Gasteiger partial charge in [-0.25, -0.2) is 0 Å². The molecule has 0 bridgehead atoms.